The van der Waals surface area contributed by atoms with E-state index in [1.807, 2.05) is 0 Å². The van der Waals surface area contributed by atoms with E-state index in [1.165, 1.54) is 6.42 Å². The van der Waals surface area contributed by atoms with Crippen LogP contribution >= 0.6 is 0 Å². The Balaban J connectivity index is 1.04. The lowest BCUT2D eigenvalue weighted by molar-refractivity contribution is -0.666. The largest absolute Gasteiger partial charge is 0.0651 e. The predicted molar refractivity (Wildman–Crippen MR) is 144 cm³/mol. The molecule has 0 aliphatic heterocycles. The molecule has 11 saturated carbocycles. The summed E-state index contributed by atoms with van der Waals surface area (Å²) >= 11 is 0. The first-order valence-corrected chi connectivity index (χ1v) is 16.6. The summed E-state index contributed by atoms with van der Waals surface area (Å²) in [6.07, 6.45) is 2.99. The summed E-state index contributed by atoms with van der Waals surface area (Å²) in [5.41, 5.74) is 6.15. The van der Waals surface area contributed by atoms with Gasteiger partial charge in [-0.15, -0.1) is 0 Å². The van der Waals surface area contributed by atoms with E-state index >= 15 is 0 Å². The Morgan fingerprint density at radius 3 is 1.17 bits per heavy atom. The molecule has 196 valence electrons. The molecule has 0 aromatic carbocycles. The van der Waals surface area contributed by atoms with Crippen LogP contribution < -0.4 is 0 Å². The Morgan fingerprint density at radius 1 is 0.444 bits per heavy atom. The van der Waals surface area contributed by atoms with Gasteiger partial charge in [0.2, 0.25) is 0 Å². The van der Waals surface area contributed by atoms with Crippen LogP contribution in [0.2, 0.25) is 0 Å². The molecule has 0 spiro atoms. The highest BCUT2D eigenvalue weighted by Gasteiger charge is 3.12. The summed E-state index contributed by atoms with van der Waals surface area (Å²) in [5.74, 6) is 12.9. The molecule has 22 unspecified atom stereocenters. The van der Waals surface area contributed by atoms with Gasteiger partial charge in [0.15, 0.2) is 0 Å². The van der Waals surface area contributed by atoms with Crippen LogP contribution in [-0.2, 0) is 0 Å². The molecule has 0 heterocycles. The van der Waals surface area contributed by atoms with Crippen molar-refractivity contribution in [3.63, 3.8) is 0 Å². The molecule has 22 atom stereocenters. The normalized spacial score (nSPS) is 91.3. The average Bonchev–Trinajstić information content (AvgIpc) is 3.42. The Labute approximate surface area is 220 Å². The maximum atomic E-state index is 2.89. The molecule has 0 N–H and O–H groups in total. The van der Waals surface area contributed by atoms with Gasteiger partial charge in [0.1, 0.15) is 0 Å². The second-order valence-electron chi connectivity index (χ2n) is 19.7. The van der Waals surface area contributed by atoms with Crippen LogP contribution in [0.25, 0.3) is 0 Å². The quantitative estimate of drug-likeness (QED) is 0.328. The van der Waals surface area contributed by atoms with Crippen LogP contribution in [0.5, 0.6) is 0 Å². The van der Waals surface area contributed by atoms with Crippen molar-refractivity contribution in [2.24, 2.45) is 125 Å². The van der Waals surface area contributed by atoms with Crippen LogP contribution in [0.1, 0.15) is 95.9 Å². The lowest BCUT2D eigenvalue weighted by atomic mass is 8.91. The zero-order valence-electron chi connectivity index (χ0n) is 25.3. The molecule has 0 aromatic rings. The van der Waals surface area contributed by atoms with Gasteiger partial charge in [-0.05, 0) is 132 Å². The van der Waals surface area contributed by atoms with Gasteiger partial charge in [-0.1, -0.05) is 89.5 Å². The van der Waals surface area contributed by atoms with Crippen molar-refractivity contribution in [1.82, 2.24) is 0 Å². The van der Waals surface area contributed by atoms with Gasteiger partial charge < -0.3 is 0 Å². The third kappa shape index (κ3) is 0.954. The van der Waals surface area contributed by atoms with Crippen LogP contribution in [0.4, 0.5) is 0 Å². The summed E-state index contributed by atoms with van der Waals surface area (Å²) < 4.78 is 0. The second kappa shape index (κ2) is 4.21. The number of fused-ring (bicyclic) bond motifs is 28. The van der Waals surface area contributed by atoms with Gasteiger partial charge in [-0.3, -0.25) is 0 Å². The Morgan fingerprint density at radius 2 is 0.778 bits per heavy atom. The molecule has 11 aliphatic carbocycles. The van der Waals surface area contributed by atoms with Crippen molar-refractivity contribution in [2.75, 3.05) is 0 Å². The van der Waals surface area contributed by atoms with E-state index in [1.54, 1.807) is 6.42 Å². The maximum absolute atomic E-state index is 2.89. The van der Waals surface area contributed by atoms with Crippen molar-refractivity contribution in [3.05, 3.63) is 0 Å². The first-order chi connectivity index (χ1) is 16.6. The number of hydrogen-bond donors (Lipinski definition) is 0. The lowest BCUT2D eigenvalue weighted by Crippen LogP contribution is -3.10. The van der Waals surface area contributed by atoms with E-state index < -0.39 is 0 Å². The molecule has 0 bridgehead atoms. The molecular formula is C36H52. The molecule has 36 heavy (non-hydrogen) atoms. The predicted octanol–water partition coefficient (Wildman–Crippen LogP) is 8.41. The maximum Gasteiger partial charge on any atom is -0.0167 e. The first kappa shape index (κ1) is 20.8. The third-order valence-corrected chi connectivity index (χ3v) is 23.3. The van der Waals surface area contributed by atoms with Crippen LogP contribution in [-0.4, -0.2) is 0 Å². The highest BCUT2D eigenvalue weighted by molar-refractivity contribution is 5.58. The zero-order chi connectivity index (χ0) is 25.3. The minimum atomic E-state index is 0.585. The fourth-order valence-corrected chi connectivity index (χ4v) is 21.8. The molecule has 0 radical (unpaired) electrons. The Bertz CT molecular complexity index is 1290. The van der Waals surface area contributed by atoms with Crippen molar-refractivity contribution in [2.45, 2.75) is 95.9 Å². The monoisotopic (exact) mass is 484 g/mol. The third-order valence-electron chi connectivity index (χ3n) is 23.3. The van der Waals surface area contributed by atoms with Gasteiger partial charge in [0.25, 0.3) is 0 Å². The van der Waals surface area contributed by atoms with E-state index in [0.717, 1.165) is 71.0 Å². The second-order valence-corrected chi connectivity index (χ2v) is 19.7. The van der Waals surface area contributed by atoms with Crippen molar-refractivity contribution < 1.29 is 0 Å². The summed E-state index contributed by atoms with van der Waals surface area (Å²) in [6, 6.07) is 0. The summed E-state index contributed by atoms with van der Waals surface area (Å²) in [5, 5.41) is 0. The lowest BCUT2D eigenvalue weighted by Gasteiger charge is -3.13. The van der Waals surface area contributed by atoms with Gasteiger partial charge in [0, 0.05) is 0 Å². The van der Waals surface area contributed by atoms with Crippen molar-refractivity contribution in [1.29, 1.82) is 0 Å². The fourth-order valence-electron chi connectivity index (χ4n) is 21.8. The molecule has 0 saturated heterocycles. The standard InChI is InChI=1S/C36H52/c1-13-16-18-20-22-24-26-25-23-21-19-17-14-15(2)27(17,3)29(19,5)31(21,7)33(23,9)35(25,11)36(26,12)34(24,10)32(22,8)30(20,6)28(16,18)4/h15-26H,13-14H2,1-12H3. The molecule has 0 aromatic heterocycles. The van der Waals surface area contributed by atoms with E-state index in [4.69, 9.17) is 0 Å². The molecule has 11 rings (SSSR count). The minimum absolute atomic E-state index is 0.585. The van der Waals surface area contributed by atoms with Crippen LogP contribution in [0.15, 0.2) is 0 Å². The molecule has 0 amide bonds. The van der Waals surface area contributed by atoms with Crippen molar-refractivity contribution >= 4 is 0 Å². The highest BCUT2D eigenvalue weighted by Crippen LogP contribution is 3.16. The summed E-state index contributed by atoms with van der Waals surface area (Å²) in [4.78, 5) is 0. The van der Waals surface area contributed by atoms with Crippen LogP contribution in [0.3, 0.4) is 0 Å². The van der Waals surface area contributed by atoms with Gasteiger partial charge >= 0.3 is 0 Å². The van der Waals surface area contributed by atoms with E-state index in [0.29, 0.717) is 54.1 Å². The zero-order valence-corrected chi connectivity index (χ0v) is 25.3. The molecular weight excluding hydrogens is 432 g/mol. The summed E-state index contributed by atoms with van der Waals surface area (Å²) in [7, 11) is 0. The van der Waals surface area contributed by atoms with Gasteiger partial charge in [-0.25, -0.2) is 0 Å². The van der Waals surface area contributed by atoms with Crippen molar-refractivity contribution in [3.8, 4) is 0 Å². The topological polar surface area (TPSA) is 0 Å². The van der Waals surface area contributed by atoms with E-state index in [-0.39, 0.29) is 0 Å². The number of hydrogen-bond acceptors (Lipinski definition) is 0. The number of rotatable bonds is 1. The highest BCUT2D eigenvalue weighted by atomic mass is 15.2. The van der Waals surface area contributed by atoms with Crippen LogP contribution in [0, 0.1) is 125 Å². The molecule has 0 heteroatoms. The Hall–Kier alpha value is 0. The SMILES string of the molecule is CCC1C2C3C4C5C6C7C8C9C%10C%11CC(C)C%11(C)C%10(C)C9(C)C8(C)C7(C)C6(C)C5(C)C4(C)C3(C)C12C. The van der Waals surface area contributed by atoms with Gasteiger partial charge in [0.05, 0.1) is 0 Å². The molecule has 0 nitrogen and oxygen atoms in total. The average molecular weight is 485 g/mol. The first-order valence-electron chi connectivity index (χ1n) is 16.6. The van der Waals surface area contributed by atoms with E-state index in [9.17, 15) is 0 Å². The summed E-state index contributed by atoms with van der Waals surface area (Å²) in [6.45, 7) is 33.5. The van der Waals surface area contributed by atoms with E-state index in [2.05, 4.69) is 83.1 Å². The fraction of sp³-hybridized carbons (Fsp3) is 1.00. The smallest absolute Gasteiger partial charge is 0.0167 e. The van der Waals surface area contributed by atoms with Gasteiger partial charge in [-0.2, -0.15) is 0 Å². The molecule has 11 aliphatic rings. The molecule has 11 fully saturated rings. The minimum Gasteiger partial charge on any atom is -0.0651 e. The Kier molecular flexibility index (Phi) is 2.44.